The van der Waals surface area contributed by atoms with E-state index in [-0.39, 0.29) is 24.0 Å². The van der Waals surface area contributed by atoms with Gasteiger partial charge in [0.05, 0.1) is 18.6 Å². The van der Waals surface area contributed by atoms with Crippen molar-refractivity contribution in [2.45, 2.75) is 4.90 Å². The molecule has 7 nitrogen and oxygen atoms in total. The molecule has 0 unspecified atom stereocenters. The van der Waals surface area contributed by atoms with Gasteiger partial charge in [0, 0.05) is 9.92 Å². The molecular weight excluding hydrogens is 354 g/mol. The Kier molecular flexibility index (Phi) is 6.71. The van der Waals surface area contributed by atoms with Crippen LogP contribution in [0.2, 0.25) is 5.02 Å². The highest BCUT2D eigenvalue weighted by atomic mass is 35.5. The van der Waals surface area contributed by atoms with Gasteiger partial charge in [-0.15, -0.1) is 11.8 Å². The number of hydrazine groups is 1. The van der Waals surface area contributed by atoms with Crippen molar-refractivity contribution in [1.82, 2.24) is 16.2 Å². The molecule has 3 N–H and O–H groups in total. The molecule has 2 aromatic rings. The van der Waals surface area contributed by atoms with E-state index in [1.54, 1.807) is 30.3 Å². The molecule has 0 fully saturated rings. The van der Waals surface area contributed by atoms with E-state index in [1.807, 2.05) is 0 Å². The molecule has 0 saturated carbocycles. The Hall–Kier alpha value is -2.45. The van der Waals surface area contributed by atoms with Gasteiger partial charge in [0.25, 0.3) is 11.8 Å². The van der Waals surface area contributed by atoms with E-state index < -0.39 is 11.8 Å². The number of rotatable bonds is 6. The van der Waals surface area contributed by atoms with E-state index in [2.05, 4.69) is 16.2 Å². The molecule has 24 heavy (non-hydrogen) atoms. The topological polar surface area (TPSA) is 100 Å². The van der Waals surface area contributed by atoms with E-state index in [1.165, 1.54) is 24.1 Å². The molecule has 9 heteroatoms. The third kappa shape index (κ3) is 5.98. The zero-order valence-electron chi connectivity index (χ0n) is 12.4. The molecule has 0 saturated heterocycles. The molecule has 1 aromatic heterocycles. The van der Waals surface area contributed by atoms with Crippen LogP contribution in [0.25, 0.3) is 0 Å². The molecule has 2 rings (SSSR count). The van der Waals surface area contributed by atoms with E-state index >= 15 is 0 Å². The van der Waals surface area contributed by atoms with E-state index in [4.69, 9.17) is 16.0 Å². The summed E-state index contributed by atoms with van der Waals surface area (Å²) in [7, 11) is 0. The van der Waals surface area contributed by atoms with Gasteiger partial charge in [-0.25, -0.2) is 0 Å². The van der Waals surface area contributed by atoms with Crippen molar-refractivity contribution in [3.8, 4) is 0 Å². The zero-order chi connectivity index (χ0) is 17.4. The minimum absolute atomic E-state index is 0.103. The highest BCUT2D eigenvalue weighted by molar-refractivity contribution is 8.00. The van der Waals surface area contributed by atoms with Crippen molar-refractivity contribution >= 4 is 41.1 Å². The standard InChI is InChI=1S/C15H14ClN3O4S/c16-10-3-5-11(6-4-10)24-9-14(21)19-18-13(20)8-17-15(22)12-2-1-7-23-12/h1-7H,8-9H2,(H,17,22)(H,18,20)(H,19,21). The Morgan fingerprint density at radius 3 is 2.42 bits per heavy atom. The maximum Gasteiger partial charge on any atom is 0.287 e. The van der Waals surface area contributed by atoms with Gasteiger partial charge in [-0.3, -0.25) is 25.2 Å². The normalized spacial score (nSPS) is 10.0. The van der Waals surface area contributed by atoms with Crippen molar-refractivity contribution < 1.29 is 18.8 Å². The molecule has 0 radical (unpaired) electrons. The molecule has 1 heterocycles. The molecule has 0 bridgehead atoms. The molecule has 126 valence electrons. The lowest BCUT2D eigenvalue weighted by Gasteiger charge is -2.08. The first-order valence-corrected chi connectivity index (χ1v) is 8.18. The van der Waals surface area contributed by atoms with Crippen LogP contribution >= 0.6 is 23.4 Å². The second-order valence-electron chi connectivity index (χ2n) is 4.50. The Bertz CT molecular complexity index is 704. The van der Waals surface area contributed by atoms with Gasteiger partial charge in [0.2, 0.25) is 5.91 Å². The molecule has 1 aromatic carbocycles. The Morgan fingerprint density at radius 2 is 1.75 bits per heavy atom. The first kappa shape index (κ1) is 17.9. The summed E-state index contributed by atoms with van der Waals surface area (Å²) in [6, 6.07) is 10.1. The molecule has 3 amide bonds. The second kappa shape index (κ2) is 8.99. The summed E-state index contributed by atoms with van der Waals surface area (Å²) in [5, 5.41) is 2.98. The van der Waals surface area contributed by atoms with E-state index in [0.29, 0.717) is 5.02 Å². The second-order valence-corrected chi connectivity index (χ2v) is 5.98. The van der Waals surface area contributed by atoms with Crippen LogP contribution in [0.5, 0.6) is 0 Å². The number of hydrogen-bond acceptors (Lipinski definition) is 5. The lowest BCUT2D eigenvalue weighted by molar-refractivity contribution is -0.127. The van der Waals surface area contributed by atoms with Crippen molar-refractivity contribution in [3.05, 3.63) is 53.4 Å². The average molecular weight is 368 g/mol. The van der Waals surface area contributed by atoms with Crippen LogP contribution in [-0.2, 0) is 9.59 Å². The van der Waals surface area contributed by atoms with Gasteiger partial charge in [0.1, 0.15) is 0 Å². The summed E-state index contributed by atoms with van der Waals surface area (Å²) < 4.78 is 4.88. The Morgan fingerprint density at radius 1 is 1.04 bits per heavy atom. The maximum atomic E-state index is 11.6. The van der Waals surface area contributed by atoms with E-state index in [9.17, 15) is 14.4 Å². The minimum atomic E-state index is -0.556. The van der Waals surface area contributed by atoms with Crippen molar-refractivity contribution in [2.24, 2.45) is 0 Å². The zero-order valence-corrected chi connectivity index (χ0v) is 13.9. The third-order valence-corrected chi connectivity index (χ3v) is 3.94. The van der Waals surface area contributed by atoms with Gasteiger partial charge >= 0.3 is 0 Å². The smallest absolute Gasteiger partial charge is 0.287 e. The fraction of sp³-hybridized carbons (Fsp3) is 0.133. The summed E-state index contributed by atoms with van der Waals surface area (Å²) in [6.07, 6.45) is 1.35. The van der Waals surface area contributed by atoms with Crippen LogP contribution in [-0.4, -0.2) is 30.0 Å². The van der Waals surface area contributed by atoms with Crippen LogP contribution in [0.15, 0.2) is 52.0 Å². The van der Waals surface area contributed by atoms with Gasteiger partial charge in [-0.1, -0.05) is 11.6 Å². The van der Waals surface area contributed by atoms with E-state index in [0.717, 1.165) is 4.90 Å². The monoisotopic (exact) mass is 367 g/mol. The van der Waals surface area contributed by atoms with Gasteiger partial charge < -0.3 is 9.73 Å². The summed E-state index contributed by atoms with van der Waals surface area (Å²) in [5.74, 6) is -1.22. The van der Waals surface area contributed by atoms with Crippen LogP contribution < -0.4 is 16.2 Å². The van der Waals surface area contributed by atoms with Crippen LogP contribution in [0.3, 0.4) is 0 Å². The maximum absolute atomic E-state index is 11.6. The molecule has 0 aliphatic rings. The van der Waals surface area contributed by atoms with Crippen molar-refractivity contribution in [3.63, 3.8) is 0 Å². The first-order chi connectivity index (χ1) is 11.5. The molecule has 0 aliphatic carbocycles. The van der Waals surface area contributed by atoms with Crippen molar-refractivity contribution in [2.75, 3.05) is 12.3 Å². The first-order valence-electron chi connectivity index (χ1n) is 6.82. The number of halogens is 1. The summed E-state index contributed by atoms with van der Waals surface area (Å²) in [5.41, 5.74) is 4.47. The van der Waals surface area contributed by atoms with Gasteiger partial charge in [-0.05, 0) is 36.4 Å². The average Bonchev–Trinajstić information content (AvgIpc) is 3.12. The van der Waals surface area contributed by atoms with Gasteiger partial charge in [-0.2, -0.15) is 0 Å². The van der Waals surface area contributed by atoms with Crippen LogP contribution in [0, 0.1) is 0 Å². The molecule has 0 atom stereocenters. The lowest BCUT2D eigenvalue weighted by Crippen LogP contribution is -2.46. The number of amides is 3. The predicted molar refractivity (Wildman–Crippen MR) is 89.5 cm³/mol. The highest BCUT2D eigenvalue weighted by Gasteiger charge is 2.10. The lowest BCUT2D eigenvalue weighted by atomic mass is 10.4. The van der Waals surface area contributed by atoms with Crippen LogP contribution in [0.1, 0.15) is 10.6 Å². The number of thioether (sulfide) groups is 1. The van der Waals surface area contributed by atoms with Crippen LogP contribution in [0.4, 0.5) is 0 Å². The minimum Gasteiger partial charge on any atom is -0.459 e. The Balaban J connectivity index is 1.63. The molecule has 0 spiro atoms. The number of furan rings is 1. The largest absolute Gasteiger partial charge is 0.459 e. The Labute approximate surface area is 147 Å². The summed E-state index contributed by atoms with van der Waals surface area (Å²) in [6.45, 7) is -0.288. The summed E-state index contributed by atoms with van der Waals surface area (Å²) in [4.78, 5) is 35.6. The number of hydrogen-bond donors (Lipinski definition) is 3. The summed E-state index contributed by atoms with van der Waals surface area (Å²) >= 11 is 7.07. The number of nitrogens with one attached hydrogen (secondary N) is 3. The van der Waals surface area contributed by atoms with Crippen molar-refractivity contribution in [1.29, 1.82) is 0 Å². The number of carbonyl (C=O) groups is 3. The fourth-order valence-corrected chi connectivity index (χ4v) is 2.38. The van der Waals surface area contributed by atoms with Gasteiger partial charge in [0.15, 0.2) is 5.76 Å². The fourth-order valence-electron chi connectivity index (χ4n) is 1.55. The highest BCUT2D eigenvalue weighted by Crippen LogP contribution is 2.19. The quantitative estimate of drug-likeness (QED) is 0.532. The number of carbonyl (C=O) groups excluding carboxylic acids is 3. The molecular formula is C15H14ClN3O4S. The third-order valence-electron chi connectivity index (χ3n) is 2.68. The predicted octanol–water partition coefficient (Wildman–Crippen LogP) is 1.60. The SMILES string of the molecule is O=C(CNC(=O)c1ccco1)NNC(=O)CSc1ccc(Cl)cc1. The molecule has 0 aliphatic heterocycles. The number of benzene rings is 1.